The third-order valence-electron chi connectivity index (χ3n) is 2.91. The van der Waals surface area contributed by atoms with Crippen LogP contribution in [-0.2, 0) is 0 Å². The molecule has 0 rings (SSSR count). The molecular formula is C14H31NS. The molecule has 1 nitrogen and oxygen atoms in total. The lowest BCUT2D eigenvalue weighted by Crippen LogP contribution is -2.16. The molecule has 0 spiro atoms. The largest absolute Gasteiger partial charge is 0.317 e. The summed E-state index contributed by atoms with van der Waals surface area (Å²) in [6, 6.07) is 0. The van der Waals surface area contributed by atoms with E-state index in [0.717, 1.165) is 0 Å². The molecular weight excluding hydrogens is 214 g/mol. The monoisotopic (exact) mass is 245 g/mol. The second-order valence-electron chi connectivity index (χ2n) is 4.57. The van der Waals surface area contributed by atoms with Crippen LogP contribution < -0.4 is 5.32 Å². The summed E-state index contributed by atoms with van der Waals surface area (Å²) in [7, 11) is 0. The molecule has 98 valence electrons. The zero-order valence-electron chi connectivity index (χ0n) is 11.4. The summed E-state index contributed by atoms with van der Waals surface area (Å²) in [5.41, 5.74) is 0. The van der Waals surface area contributed by atoms with Gasteiger partial charge in [0, 0.05) is 0 Å². The Morgan fingerprint density at radius 3 is 1.94 bits per heavy atom. The summed E-state index contributed by atoms with van der Waals surface area (Å²) in [5, 5.41) is 3.54. The Balaban J connectivity index is 2.83. The molecule has 1 N–H and O–H groups in total. The standard InChI is InChI=1S/C14H31NS/c1-3-4-5-6-7-8-9-12-15-13-10-11-14-16-2/h15H,3-14H2,1-2H3. The summed E-state index contributed by atoms with van der Waals surface area (Å²) in [4.78, 5) is 0. The average Bonchev–Trinajstić information content (AvgIpc) is 2.31. The van der Waals surface area contributed by atoms with Gasteiger partial charge in [0.15, 0.2) is 0 Å². The van der Waals surface area contributed by atoms with Crippen molar-refractivity contribution in [2.45, 2.75) is 64.7 Å². The number of nitrogens with one attached hydrogen (secondary N) is 1. The van der Waals surface area contributed by atoms with Crippen LogP contribution in [0.1, 0.15) is 64.7 Å². The van der Waals surface area contributed by atoms with E-state index in [4.69, 9.17) is 0 Å². The van der Waals surface area contributed by atoms with Crippen LogP contribution in [-0.4, -0.2) is 25.1 Å². The third-order valence-corrected chi connectivity index (χ3v) is 3.61. The molecule has 0 radical (unpaired) electrons. The van der Waals surface area contributed by atoms with Gasteiger partial charge in [0.2, 0.25) is 0 Å². The minimum absolute atomic E-state index is 1.22. The summed E-state index contributed by atoms with van der Waals surface area (Å²) in [6.45, 7) is 4.73. The molecule has 0 aromatic carbocycles. The molecule has 0 fully saturated rings. The van der Waals surface area contributed by atoms with Gasteiger partial charge in [-0.3, -0.25) is 0 Å². The normalized spacial score (nSPS) is 10.9. The van der Waals surface area contributed by atoms with Crippen LogP contribution in [0.15, 0.2) is 0 Å². The average molecular weight is 245 g/mol. The van der Waals surface area contributed by atoms with Crippen molar-refractivity contribution in [2.75, 3.05) is 25.1 Å². The number of rotatable bonds is 13. The highest BCUT2D eigenvalue weighted by molar-refractivity contribution is 7.98. The Hall–Kier alpha value is 0.310. The van der Waals surface area contributed by atoms with Crippen molar-refractivity contribution in [3.63, 3.8) is 0 Å². The second kappa shape index (κ2) is 15.3. The summed E-state index contributed by atoms with van der Waals surface area (Å²) in [6.07, 6.45) is 14.8. The third kappa shape index (κ3) is 14.3. The number of hydrogen-bond acceptors (Lipinski definition) is 2. The van der Waals surface area contributed by atoms with Crippen molar-refractivity contribution in [1.29, 1.82) is 0 Å². The van der Waals surface area contributed by atoms with E-state index < -0.39 is 0 Å². The predicted molar refractivity (Wildman–Crippen MR) is 78.5 cm³/mol. The highest BCUT2D eigenvalue weighted by Gasteiger charge is 1.91. The summed E-state index contributed by atoms with van der Waals surface area (Å²) in [5.74, 6) is 1.32. The molecule has 0 amide bonds. The highest BCUT2D eigenvalue weighted by atomic mass is 32.2. The Kier molecular flexibility index (Phi) is 15.6. The van der Waals surface area contributed by atoms with E-state index in [1.54, 1.807) is 0 Å². The zero-order chi connectivity index (χ0) is 11.9. The van der Waals surface area contributed by atoms with Crippen molar-refractivity contribution in [2.24, 2.45) is 0 Å². The molecule has 0 aliphatic heterocycles. The number of hydrogen-bond donors (Lipinski definition) is 1. The van der Waals surface area contributed by atoms with Crippen LogP contribution in [0.3, 0.4) is 0 Å². The fourth-order valence-electron chi connectivity index (χ4n) is 1.83. The molecule has 0 aromatic rings. The lowest BCUT2D eigenvalue weighted by molar-refractivity contribution is 0.556. The quantitative estimate of drug-likeness (QED) is 0.481. The Labute approximate surface area is 107 Å². The van der Waals surface area contributed by atoms with E-state index in [-0.39, 0.29) is 0 Å². The lowest BCUT2D eigenvalue weighted by Gasteiger charge is -2.04. The van der Waals surface area contributed by atoms with Gasteiger partial charge in [-0.1, -0.05) is 45.4 Å². The Bertz CT molecular complexity index is 103. The SMILES string of the molecule is CCCCCCCCCNCCCCSC. The van der Waals surface area contributed by atoms with Crippen molar-refractivity contribution >= 4 is 11.8 Å². The van der Waals surface area contributed by atoms with E-state index in [1.165, 1.54) is 76.6 Å². The van der Waals surface area contributed by atoms with E-state index in [0.29, 0.717) is 0 Å². The van der Waals surface area contributed by atoms with Crippen molar-refractivity contribution < 1.29 is 0 Å². The molecule has 16 heavy (non-hydrogen) atoms. The number of thioether (sulfide) groups is 1. The second-order valence-corrected chi connectivity index (χ2v) is 5.56. The first kappa shape index (κ1) is 16.3. The molecule has 0 heterocycles. The van der Waals surface area contributed by atoms with Crippen molar-refractivity contribution in [1.82, 2.24) is 5.32 Å². The van der Waals surface area contributed by atoms with Gasteiger partial charge in [-0.15, -0.1) is 0 Å². The van der Waals surface area contributed by atoms with Gasteiger partial charge >= 0.3 is 0 Å². The molecule has 0 aliphatic carbocycles. The summed E-state index contributed by atoms with van der Waals surface area (Å²) >= 11 is 1.96. The van der Waals surface area contributed by atoms with Gasteiger partial charge in [-0.2, -0.15) is 11.8 Å². The van der Waals surface area contributed by atoms with Crippen LogP contribution in [0.2, 0.25) is 0 Å². The predicted octanol–water partition coefficient (Wildman–Crippen LogP) is 4.47. The van der Waals surface area contributed by atoms with Gasteiger partial charge in [-0.05, 0) is 44.4 Å². The van der Waals surface area contributed by atoms with E-state index in [2.05, 4.69) is 18.5 Å². The zero-order valence-corrected chi connectivity index (χ0v) is 12.2. The molecule has 2 heteroatoms. The highest BCUT2D eigenvalue weighted by Crippen LogP contribution is 2.06. The van der Waals surface area contributed by atoms with Gasteiger partial charge < -0.3 is 5.32 Å². The smallest absolute Gasteiger partial charge is 0.00486 e. The lowest BCUT2D eigenvalue weighted by atomic mass is 10.1. The molecule has 0 unspecified atom stereocenters. The Morgan fingerprint density at radius 1 is 0.750 bits per heavy atom. The Morgan fingerprint density at radius 2 is 1.31 bits per heavy atom. The van der Waals surface area contributed by atoms with Gasteiger partial charge in [-0.25, -0.2) is 0 Å². The molecule has 0 aromatic heterocycles. The molecule has 0 atom stereocenters. The molecule has 0 saturated carbocycles. The minimum Gasteiger partial charge on any atom is -0.317 e. The van der Waals surface area contributed by atoms with Gasteiger partial charge in [0.25, 0.3) is 0 Å². The first-order chi connectivity index (χ1) is 7.91. The van der Waals surface area contributed by atoms with Crippen LogP contribution in [0, 0.1) is 0 Å². The topological polar surface area (TPSA) is 12.0 Å². The molecule has 0 aliphatic rings. The minimum atomic E-state index is 1.22. The number of unbranched alkanes of at least 4 members (excludes halogenated alkanes) is 7. The van der Waals surface area contributed by atoms with Crippen molar-refractivity contribution in [3.8, 4) is 0 Å². The first-order valence-corrected chi connectivity index (χ1v) is 8.50. The molecule has 0 bridgehead atoms. The fourth-order valence-corrected chi connectivity index (χ4v) is 2.32. The van der Waals surface area contributed by atoms with E-state index in [1.807, 2.05) is 11.8 Å². The maximum absolute atomic E-state index is 3.54. The summed E-state index contributed by atoms with van der Waals surface area (Å²) < 4.78 is 0. The van der Waals surface area contributed by atoms with Crippen LogP contribution in [0.25, 0.3) is 0 Å². The fraction of sp³-hybridized carbons (Fsp3) is 1.00. The van der Waals surface area contributed by atoms with Crippen LogP contribution in [0.5, 0.6) is 0 Å². The van der Waals surface area contributed by atoms with E-state index >= 15 is 0 Å². The molecule has 0 saturated heterocycles. The van der Waals surface area contributed by atoms with E-state index in [9.17, 15) is 0 Å². The first-order valence-electron chi connectivity index (χ1n) is 7.11. The maximum Gasteiger partial charge on any atom is -0.00486 e. The van der Waals surface area contributed by atoms with Gasteiger partial charge in [0.1, 0.15) is 0 Å². The van der Waals surface area contributed by atoms with Gasteiger partial charge in [0.05, 0.1) is 0 Å². The van der Waals surface area contributed by atoms with Crippen molar-refractivity contribution in [3.05, 3.63) is 0 Å². The van der Waals surface area contributed by atoms with Crippen LogP contribution >= 0.6 is 11.8 Å². The van der Waals surface area contributed by atoms with Crippen LogP contribution in [0.4, 0.5) is 0 Å². The maximum atomic E-state index is 3.54.